The van der Waals surface area contributed by atoms with Crippen LogP contribution in [0.1, 0.15) is 21.5 Å². The van der Waals surface area contributed by atoms with Crippen LogP contribution >= 0.6 is 0 Å². The van der Waals surface area contributed by atoms with Crippen LogP contribution in [0.25, 0.3) is 22.2 Å². The number of nitrogens with zero attached hydrogens (tertiary/aromatic N) is 2. The number of hydrogen-bond acceptors (Lipinski definition) is 5. The minimum atomic E-state index is -0.163. The van der Waals surface area contributed by atoms with Gasteiger partial charge in [-0.15, -0.1) is 0 Å². The summed E-state index contributed by atoms with van der Waals surface area (Å²) in [6.07, 6.45) is 3.42. The van der Waals surface area contributed by atoms with Gasteiger partial charge in [0.25, 0.3) is 5.91 Å². The van der Waals surface area contributed by atoms with Gasteiger partial charge in [0.15, 0.2) is 0 Å². The lowest BCUT2D eigenvalue weighted by atomic mass is 10.0. The second-order valence-electron chi connectivity index (χ2n) is 7.18. The molecule has 0 aliphatic heterocycles. The lowest BCUT2D eigenvalue weighted by molar-refractivity contribution is 0.0952. The second-order valence-corrected chi connectivity index (χ2v) is 7.18. The topological polar surface area (TPSA) is 73.3 Å². The predicted octanol–water partition coefficient (Wildman–Crippen LogP) is 4.55. The van der Waals surface area contributed by atoms with Crippen LogP contribution < -0.4 is 14.8 Å². The van der Waals surface area contributed by atoms with Gasteiger partial charge >= 0.3 is 0 Å². The van der Waals surface area contributed by atoms with Crippen LogP contribution in [0.4, 0.5) is 0 Å². The van der Waals surface area contributed by atoms with Crippen molar-refractivity contribution in [2.45, 2.75) is 13.5 Å². The van der Waals surface area contributed by atoms with Crippen molar-refractivity contribution < 1.29 is 14.3 Å². The Labute approximate surface area is 180 Å². The number of aryl methyl sites for hydroxylation is 1. The molecule has 0 saturated carbocycles. The highest BCUT2D eigenvalue weighted by Crippen LogP contribution is 2.34. The third kappa shape index (κ3) is 4.33. The van der Waals surface area contributed by atoms with Crippen molar-refractivity contribution in [2.24, 2.45) is 0 Å². The van der Waals surface area contributed by atoms with Crippen LogP contribution in [0.3, 0.4) is 0 Å². The molecule has 0 spiro atoms. The van der Waals surface area contributed by atoms with Crippen LogP contribution in [-0.4, -0.2) is 30.1 Å². The molecule has 2 heterocycles. The Morgan fingerprint density at radius 1 is 0.968 bits per heavy atom. The largest absolute Gasteiger partial charge is 0.497 e. The fourth-order valence-corrected chi connectivity index (χ4v) is 3.45. The minimum Gasteiger partial charge on any atom is -0.497 e. The van der Waals surface area contributed by atoms with Gasteiger partial charge in [-0.3, -0.25) is 9.78 Å². The molecule has 31 heavy (non-hydrogen) atoms. The second kappa shape index (κ2) is 8.83. The molecule has 6 heteroatoms. The fourth-order valence-electron chi connectivity index (χ4n) is 3.45. The Morgan fingerprint density at radius 3 is 2.52 bits per heavy atom. The van der Waals surface area contributed by atoms with Crippen LogP contribution in [0.2, 0.25) is 0 Å². The number of carbonyl (C=O) groups is 1. The fraction of sp³-hybridized carbons (Fsp3) is 0.160. The summed E-state index contributed by atoms with van der Waals surface area (Å²) >= 11 is 0. The summed E-state index contributed by atoms with van der Waals surface area (Å²) in [6, 6.07) is 17.0. The molecule has 0 unspecified atom stereocenters. The number of carbonyl (C=O) groups excluding carboxylic acids is 1. The van der Waals surface area contributed by atoms with E-state index < -0.39 is 0 Å². The van der Waals surface area contributed by atoms with E-state index in [1.807, 2.05) is 55.5 Å². The zero-order chi connectivity index (χ0) is 21.8. The van der Waals surface area contributed by atoms with Gasteiger partial charge in [-0.1, -0.05) is 11.6 Å². The molecule has 1 amide bonds. The standard InChI is InChI=1S/C25H23N3O3/c1-16-4-7-22-20(12-16)21(25(29)27-15-17-8-10-26-11-9-17)14-23(28-22)19-6-5-18(30-2)13-24(19)31-3/h4-14H,15H2,1-3H3,(H,27,29). The summed E-state index contributed by atoms with van der Waals surface area (Å²) < 4.78 is 10.9. The summed E-state index contributed by atoms with van der Waals surface area (Å²) in [4.78, 5) is 22.0. The molecule has 0 aliphatic rings. The first kappa shape index (κ1) is 20.3. The molecule has 4 rings (SSSR count). The molecule has 2 aromatic heterocycles. The van der Waals surface area contributed by atoms with Crippen LogP contribution in [0.5, 0.6) is 11.5 Å². The van der Waals surface area contributed by atoms with Crippen molar-refractivity contribution >= 4 is 16.8 Å². The van der Waals surface area contributed by atoms with Gasteiger partial charge in [0.05, 0.1) is 31.0 Å². The zero-order valence-corrected chi connectivity index (χ0v) is 17.7. The monoisotopic (exact) mass is 413 g/mol. The van der Waals surface area contributed by atoms with E-state index in [4.69, 9.17) is 14.5 Å². The average molecular weight is 413 g/mol. The summed E-state index contributed by atoms with van der Waals surface area (Å²) in [5.74, 6) is 1.15. The third-order valence-corrected chi connectivity index (χ3v) is 5.10. The maximum absolute atomic E-state index is 13.2. The molecule has 0 bridgehead atoms. The van der Waals surface area contributed by atoms with Crippen LogP contribution in [-0.2, 0) is 6.54 Å². The molecule has 0 fully saturated rings. The smallest absolute Gasteiger partial charge is 0.252 e. The number of aromatic nitrogens is 2. The quantitative estimate of drug-likeness (QED) is 0.502. The van der Waals surface area contributed by atoms with E-state index in [1.165, 1.54) is 0 Å². The highest BCUT2D eigenvalue weighted by atomic mass is 16.5. The number of amides is 1. The van der Waals surface area contributed by atoms with Crippen molar-refractivity contribution in [1.82, 2.24) is 15.3 Å². The summed E-state index contributed by atoms with van der Waals surface area (Å²) in [5, 5.41) is 3.82. The molecular weight excluding hydrogens is 390 g/mol. The molecule has 6 nitrogen and oxygen atoms in total. The van der Waals surface area contributed by atoms with Gasteiger partial charge in [0.2, 0.25) is 0 Å². The lowest BCUT2D eigenvalue weighted by Gasteiger charge is -2.14. The van der Waals surface area contributed by atoms with E-state index >= 15 is 0 Å². The number of fused-ring (bicyclic) bond motifs is 1. The van der Waals surface area contributed by atoms with E-state index in [-0.39, 0.29) is 5.91 Å². The highest BCUT2D eigenvalue weighted by Gasteiger charge is 2.17. The number of hydrogen-bond donors (Lipinski definition) is 1. The molecule has 0 saturated heterocycles. The molecule has 2 aromatic carbocycles. The van der Waals surface area contributed by atoms with Crippen molar-refractivity contribution in [2.75, 3.05) is 14.2 Å². The molecule has 4 aromatic rings. The number of ether oxygens (including phenoxy) is 2. The Hall–Kier alpha value is -3.93. The predicted molar refractivity (Wildman–Crippen MR) is 120 cm³/mol. The minimum absolute atomic E-state index is 0.163. The normalized spacial score (nSPS) is 10.7. The van der Waals surface area contributed by atoms with Gasteiger partial charge < -0.3 is 14.8 Å². The first-order valence-electron chi connectivity index (χ1n) is 9.90. The number of rotatable bonds is 6. The molecule has 0 aliphatic carbocycles. The Balaban J connectivity index is 1.79. The van der Waals surface area contributed by atoms with Crippen molar-refractivity contribution in [3.05, 3.63) is 83.7 Å². The van der Waals surface area contributed by atoms with Crippen molar-refractivity contribution in [1.29, 1.82) is 0 Å². The number of nitrogens with one attached hydrogen (secondary N) is 1. The molecule has 0 atom stereocenters. The lowest BCUT2D eigenvalue weighted by Crippen LogP contribution is -2.23. The third-order valence-electron chi connectivity index (χ3n) is 5.10. The molecular formula is C25H23N3O3. The van der Waals surface area contributed by atoms with Crippen molar-refractivity contribution in [3.63, 3.8) is 0 Å². The van der Waals surface area contributed by atoms with Gasteiger partial charge in [0, 0.05) is 36.0 Å². The average Bonchev–Trinajstić information content (AvgIpc) is 2.82. The van der Waals surface area contributed by atoms with E-state index in [9.17, 15) is 4.79 Å². The maximum atomic E-state index is 13.2. The first-order chi connectivity index (χ1) is 15.1. The highest BCUT2D eigenvalue weighted by molar-refractivity contribution is 6.07. The van der Waals surface area contributed by atoms with E-state index in [2.05, 4.69) is 10.3 Å². The Morgan fingerprint density at radius 2 is 1.77 bits per heavy atom. The first-order valence-corrected chi connectivity index (χ1v) is 9.90. The van der Waals surface area contributed by atoms with Crippen molar-refractivity contribution in [3.8, 4) is 22.8 Å². The zero-order valence-electron chi connectivity index (χ0n) is 17.7. The number of benzene rings is 2. The van der Waals surface area contributed by atoms with Gasteiger partial charge in [-0.25, -0.2) is 4.98 Å². The summed E-state index contributed by atoms with van der Waals surface area (Å²) in [6.45, 7) is 2.41. The van der Waals surface area contributed by atoms with Gasteiger partial charge in [0.1, 0.15) is 11.5 Å². The molecule has 0 radical (unpaired) electrons. The Kier molecular flexibility index (Phi) is 5.80. The van der Waals surface area contributed by atoms with Gasteiger partial charge in [-0.05, 0) is 55.0 Å². The van der Waals surface area contributed by atoms with E-state index in [0.717, 1.165) is 27.6 Å². The van der Waals surface area contributed by atoms with E-state index in [0.29, 0.717) is 29.3 Å². The summed E-state index contributed by atoms with van der Waals surface area (Å²) in [5.41, 5.74) is 4.80. The SMILES string of the molecule is COc1ccc(-c2cc(C(=O)NCc3ccncc3)c3cc(C)ccc3n2)c(OC)c1. The number of methoxy groups -OCH3 is 2. The Bertz CT molecular complexity index is 1240. The van der Waals surface area contributed by atoms with Crippen LogP contribution in [0, 0.1) is 6.92 Å². The number of pyridine rings is 2. The van der Waals surface area contributed by atoms with E-state index in [1.54, 1.807) is 32.7 Å². The van der Waals surface area contributed by atoms with Crippen LogP contribution in [0.15, 0.2) is 67.0 Å². The molecule has 1 N–H and O–H groups in total. The summed E-state index contributed by atoms with van der Waals surface area (Å²) in [7, 11) is 3.21. The molecule has 156 valence electrons. The van der Waals surface area contributed by atoms with Gasteiger partial charge in [-0.2, -0.15) is 0 Å². The maximum Gasteiger partial charge on any atom is 0.252 e.